The molecule has 3 aromatic rings. The molecule has 6 nitrogen and oxygen atoms in total. The second kappa shape index (κ2) is 6.78. The third-order valence-corrected chi connectivity index (χ3v) is 5.38. The molecule has 3 heterocycles. The number of hydrogen-bond donors (Lipinski definition) is 2. The number of aromatic nitrogens is 4. The van der Waals surface area contributed by atoms with Gasteiger partial charge in [0.25, 0.3) is 0 Å². The summed E-state index contributed by atoms with van der Waals surface area (Å²) in [5.74, 6) is 0.767. The number of nitrogens with zero attached hydrogens (tertiary/aromatic N) is 4. The maximum Gasteiger partial charge on any atom is 0.163 e. The van der Waals surface area contributed by atoms with E-state index < -0.39 is 0 Å². The standard InChI is InChI=1S/C16H16Br2N6/c17-10-1-2-14(13(18)7-10)23-15-12-8-22-24(16(12)21-9-20-15)11-3-5-19-6-4-11/h1-2,7-9,11,19H,3-6H2,(H,20,21,23). The van der Waals surface area contributed by atoms with Crippen molar-refractivity contribution < 1.29 is 0 Å². The molecule has 8 heteroatoms. The molecule has 0 aliphatic carbocycles. The Morgan fingerprint density at radius 2 is 2.00 bits per heavy atom. The van der Waals surface area contributed by atoms with Crippen LogP contribution in [0.15, 0.2) is 39.7 Å². The Morgan fingerprint density at radius 3 is 2.79 bits per heavy atom. The Kier molecular flexibility index (Phi) is 4.51. The number of fused-ring (bicyclic) bond motifs is 1. The van der Waals surface area contributed by atoms with Crippen molar-refractivity contribution in [2.24, 2.45) is 0 Å². The van der Waals surface area contributed by atoms with Crippen LogP contribution in [0.2, 0.25) is 0 Å². The maximum absolute atomic E-state index is 4.58. The van der Waals surface area contributed by atoms with E-state index >= 15 is 0 Å². The summed E-state index contributed by atoms with van der Waals surface area (Å²) in [5, 5.41) is 12.3. The van der Waals surface area contributed by atoms with Crippen LogP contribution in [0.5, 0.6) is 0 Å². The van der Waals surface area contributed by atoms with Crippen LogP contribution < -0.4 is 10.6 Å². The normalized spacial score (nSPS) is 15.8. The van der Waals surface area contributed by atoms with Gasteiger partial charge in [0.1, 0.15) is 12.1 Å². The smallest absolute Gasteiger partial charge is 0.163 e. The highest BCUT2D eigenvalue weighted by molar-refractivity contribution is 9.11. The Bertz CT molecular complexity index is 872. The summed E-state index contributed by atoms with van der Waals surface area (Å²) in [6, 6.07) is 6.38. The van der Waals surface area contributed by atoms with E-state index in [1.165, 1.54) is 0 Å². The van der Waals surface area contributed by atoms with Gasteiger partial charge < -0.3 is 10.6 Å². The van der Waals surface area contributed by atoms with Crippen LogP contribution >= 0.6 is 31.9 Å². The molecule has 0 bridgehead atoms. The van der Waals surface area contributed by atoms with Crippen molar-refractivity contribution in [2.75, 3.05) is 18.4 Å². The van der Waals surface area contributed by atoms with Crippen molar-refractivity contribution in [3.05, 3.63) is 39.7 Å². The van der Waals surface area contributed by atoms with Crippen LogP contribution in [0.4, 0.5) is 11.5 Å². The van der Waals surface area contributed by atoms with Crippen LogP contribution in [0.3, 0.4) is 0 Å². The number of nitrogens with one attached hydrogen (secondary N) is 2. The van der Waals surface area contributed by atoms with E-state index in [1.807, 2.05) is 29.1 Å². The molecule has 1 fully saturated rings. The second-order valence-electron chi connectivity index (χ2n) is 5.78. The summed E-state index contributed by atoms with van der Waals surface area (Å²) in [5.41, 5.74) is 1.83. The lowest BCUT2D eigenvalue weighted by atomic mass is 10.1. The highest BCUT2D eigenvalue weighted by atomic mass is 79.9. The molecular formula is C16H16Br2N6. The van der Waals surface area contributed by atoms with E-state index in [1.54, 1.807) is 6.33 Å². The molecule has 0 saturated carbocycles. The van der Waals surface area contributed by atoms with Gasteiger partial charge in [-0.3, -0.25) is 0 Å². The molecule has 124 valence electrons. The average molecular weight is 452 g/mol. The lowest BCUT2D eigenvalue weighted by Gasteiger charge is -2.23. The molecule has 0 atom stereocenters. The first-order chi connectivity index (χ1) is 11.7. The largest absolute Gasteiger partial charge is 0.339 e. The van der Waals surface area contributed by atoms with Crippen molar-refractivity contribution in [1.29, 1.82) is 0 Å². The van der Waals surface area contributed by atoms with Crippen molar-refractivity contribution in [3.8, 4) is 0 Å². The second-order valence-corrected chi connectivity index (χ2v) is 7.55. The summed E-state index contributed by atoms with van der Waals surface area (Å²) < 4.78 is 4.03. The van der Waals surface area contributed by atoms with Gasteiger partial charge in [0.2, 0.25) is 0 Å². The average Bonchev–Trinajstić information content (AvgIpc) is 3.03. The van der Waals surface area contributed by atoms with Gasteiger partial charge in [-0.2, -0.15) is 5.10 Å². The van der Waals surface area contributed by atoms with E-state index in [0.717, 1.165) is 57.4 Å². The first kappa shape index (κ1) is 16.0. The summed E-state index contributed by atoms with van der Waals surface area (Å²) in [6.45, 7) is 2.04. The fraction of sp³-hybridized carbons (Fsp3) is 0.312. The van der Waals surface area contributed by atoms with E-state index in [4.69, 9.17) is 0 Å². The van der Waals surface area contributed by atoms with E-state index in [0.29, 0.717) is 6.04 Å². The third-order valence-electron chi connectivity index (χ3n) is 4.23. The zero-order valence-electron chi connectivity index (χ0n) is 12.8. The molecule has 2 N–H and O–H groups in total. The van der Waals surface area contributed by atoms with E-state index in [-0.39, 0.29) is 0 Å². The monoisotopic (exact) mass is 450 g/mol. The van der Waals surface area contributed by atoms with E-state index in [9.17, 15) is 0 Å². The number of benzene rings is 1. The highest BCUT2D eigenvalue weighted by Gasteiger charge is 2.20. The molecular weight excluding hydrogens is 436 g/mol. The molecule has 2 aromatic heterocycles. The minimum Gasteiger partial charge on any atom is -0.339 e. The molecule has 4 rings (SSSR count). The number of piperidine rings is 1. The zero-order chi connectivity index (χ0) is 16.5. The fourth-order valence-electron chi connectivity index (χ4n) is 3.00. The fourth-order valence-corrected chi connectivity index (χ4v) is 4.15. The minimum atomic E-state index is 0.394. The first-order valence-electron chi connectivity index (χ1n) is 7.83. The predicted octanol–water partition coefficient (Wildman–Crippen LogP) is 4.02. The number of rotatable bonds is 3. The minimum absolute atomic E-state index is 0.394. The van der Waals surface area contributed by atoms with Crippen LogP contribution in [-0.2, 0) is 0 Å². The van der Waals surface area contributed by atoms with Gasteiger partial charge in [0, 0.05) is 8.95 Å². The number of anilines is 2. The molecule has 0 unspecified atom stereocenters. The van der Waals surface area contributed by atoms with Crippen molar-refractivity contribution in [2.45, 2.75) is 18.9 Å². The van der Waals surface area contributed by atoms with Gasteiger partial charge in [-0.15, -0.1) is 0 Å². The summed E-state index contributed by atoms with van der Waals surface area (Å²) in [4.78, 5) is 8.87. The van der Waals surface area contributed by atoms with Gasteiger partial charge in [0.15, 0.2) is 5.65 Å². The lowest BCUT2D eigenvalue weighted by Crippen LogP contribution is -2.29. The van der Waals surface area contributed by atoms with Crippen LogP contribution in [0, 0.1) is 0 Å². The zero-order valence-corrected chi connectivity index (χ0v) is 16.0. The molecule has 1 aliphatic heterocycles. The molecule has 24 heavy (non-hydrogen) atoms. The van der Waals surface area contributed by atoms with E-state index in [2.05, 4.69) is 57.6 Å². The van der Waals surface area contributed by atoms with Crippen molar-refractivity contribution in [1.82, 2.24) is 25.1 Å². The molecule has 1 saturated heterocycles. The SMILES string of the molecule is Brc1ccc(Nc2ncnc3c2cnn3C2CCNCC2)c(Br)c1. The Labute approximate surface area is 156 Å². The van der Waals surface area contributed by atoms with Crippen LogP contribution in [0.1, 0.15) is 18.9 Å². The third kappa shape index (κ3) is 3.05. The Balaban J connectivity index is 1.70. The van der Waals surface area contributed by atoms with Gasteiger partial charge in [-0.1, -0.05) is 15.9 Å². The van der Waals surface area contributed by atoms with Gasteiger partial charge in [-0.05, 0) is 60.1 Å². The lowest BCUT2D eigenvalue weighted by molar-refractivity contribution is 0.349. The maximum atomic E-state index is 4.58. The van der Waals surface area contributed by atoms with Crippen molar-refractivity contribution >= 4 is 54.4 Å². The van der Waals surface area contributed by atoms with Gasteiger partial charge >= 0.3 is 0 Å². The van der Waals surface area contributed by atoms with Gasteiger partial charge in [0.05, 0.1) is 23.3 Å². The molecule has 0 radical (unpaired) electrons. The van der Waals surface area contributed by atoms with Crippen molar-refractivity contribution in [3.63, 3.8) is 0 Å². The summed E-state index contributed by atoms with van der Waals surface area (Å²) in [6.07, 6.45) is 5.59. The van der Waals surface area contributed by atoms with Crippen LogP contribution in [0.25, 0.3) is 11.0 Å². The van der Waals surface area contributed by atoms with Crippen LogP contribution in [-0.4, -0.2) is 32.8 Å². The topological polar surface area (TPSA) is 67.7 Å². The predicted molar refractivity (Wildman–Crippen MR) is 102 cm³/mol. The molecule has 1 aromatic carbocycles. The highest BCUT2D eigenvalue weighted by Crippen LogP contribution is 2.31. The summed E-state index contributed by atoms with van der Waals surface area (Å²) in [7, 11) is 0. The Hall–Kier alpha value is -1.51. The molecule has 1 aliphatic rings. The first-order valence-corrected chi connectivity index (χ1v) is 9.42. The quantitative estimate of drug-likeness (QED) is 0.629. The number of hydrogen-bond acceptors (Lipinski definition) is 5. The van der Waals surface area contributed by atoms with Gasteiger partial charge in [-0.25, -0.2) is 14.6 Å². The Morgan fingerprint density at radius 1 is 1.17 bits per heavy atom. The number of halogens is 2. The molecule has 0 amide bonds. The molecule has 0 spiro atoms. The summed E-state index contributed by atoms with van der Waals surface area (Å²) >= 11 is 7.04.